The van der Waals surface area contributed by atoms with E-state index in [0.717, 1.165) is 0 Å². The van der Waals surface area contributed by atoms with Crippen LogP contribution in [0.1, 0.15) is 99.3 Å². The van der Waals surface area contributed by atoms with E-state index in [1.807, 2.05) is 13.8 Å². The van der Waals surface area contributed by atoms with Crippen LogP contribution in [0.5, 0.6) is 0 Å². The van der Waals surface area contributed by atoms with Crippen molar-refractivity contribution < 1.29 is 189 Å². The zero-order valence-electron chi connectivity index (χ0n) is 67.4. The van der Waals surface area contributed by atoms with Crippen LogP contribution in [0.3, 0.4) is 0 Å². The number of aliphatic hydroxyl groups is 24. The van der Waals surface area contributed by atoms with Gasteiger partial charge in [-0.2, -0.15) is 0 Å². The molecule has 0 amide bonds. The standard InChI is InChI=1S/C23H43N3O12.C18H35N3O10.C18H34N2O9.C13H26N2O7.CH4/c1-2-3-10(28)11(29)5-8-4-9(25)20(37-22-14(26)18(33)17(32)13(7-27)36-22)21(15(8)30)38-23-19(34)16(31)12(6-24)35-23;1-5-2-6(20)15(30-17-9(21)13(26)12(25)8(4-22)29-17)16(10(5)23)31-18-14(27)11(24)7(3-19)28-18;1-2-3-9(22)10(23)5-7-4-8(19)17(16(27)13(7)24)29-18-12(20)15(26)14(25)11(6-21)28-18;1-4-2-5(14)12(11(20)8(4)17)22-13-7(15)10(19)9(18)6(3-16)21-13;/h8-10,12-23,27-28,30-34H,2-7,24-26H2,1H3;5-18,22-27H,2-4,19-21H2,1H3;7-9,11-18,21-22,24-27H,2-6,19-20H2,1H3;4-13,16-20H,2-3,14-15H2,1H3;1H4/t8-,9?,10-,12+,13?,14?,15?,16-,17+,18+,19?,20+,21+,22+,23-;5-,6?,7-,8?,9?,10?,11+,12-,13-,14?,15-,16-,17-,18+;7-,8?,9-,11?,12?,13?,14+,15+,16+,17+,18+;4-,5?,6?,7?,8?,9-,10-,11-,12-,13-;/m0101./s1. The summed E-state index contributed by atoms with van der Waals surface area (Å²) in [7, 11) is 0. The van der Waals surface area contributed by atoms with Crippen LogP contribution in [0, 0.1) is 23.7 Å². The number of carbonyl (C=O) groups excluding carboxylic acids is 2. The molecule has 6 heterocycles. The molecule has 121 heavy (non-hydrogen) atoms. The van der Waals surface area contributed by atoms with E-state index in [0.29, 0.717) is 32.1 Å². The van der Waals surface area contributed by atoms with E-state index in [1.54, 1.807) is 13.8 Å². The second-order valence-corrected chi connectivity index (χ2v) is 33.2. The van der Waals surface area contributed by atoms with Crippen LogP contribution in [0.15, 0.2) is 0 Å². The van der Waals surface area contributed by atoms with Gasteiger partial charge in [0.05, 0.1) is 75.0 Å². The van der Waals surface area contributed by atoms with Crippen LogP contribution in [0.2, 0.25) is 0 Å². The number of nitrogens with two attached hydrogens (primary N) is 10. The Balaban J connectivity index is 0.000000253. The first-order valence-corrected chi connectivity index (χ1v) is 40.8. The molecular weight excluding hydrogens is 1620 g/mol. The van der Waals surface area contributed by atoms with Crippen LogP contribution in [0.4, 0.5) is 0 Å². The largest absolute Gasteiger partial charge is 0.394 e. The first kappa shape index (κ1) is 107. The summed E-state index contributed by atoms with van der Waals surface area (Å²) in [6.07, 6.45) is -45.1. The Morgan fingerprint density at radius 1 is 0.314 bits per heavy atom. The van der Waals surface area contributed by atoms with Crippen molar-refractivity contribution in [1.82, 2.24) is 0 Å². The topological polar surface area (TPSA) is 891 Å². The summed E-state index contributed by atoms with van der Waals surface area (Å²) in [5, 5.41) is 241. The second kappa shape index (κ2) is 48.4. The quantitative estimate of drug-likeness (QED) is 0.0346. The van der Waals surface area contributed by atoms with Crippen molar-refractivity contribution in [3.05, 3.63) is 0 Å². The van der Waals surface area contributed by atoms with E-state index < -0.39 is 331 Å². The average Bonchev–Trinajstić information content (AvgIpc) is 1.77. The van der Waals surface area contributed by atoms with E-state index in [2.05, 4.69) is 0 Å². The Hall–Kier alpha value is -2.50. The molecule has 18 unspecified atom stereocenters. The minimum absolute atomic E-state index is 0. The van der Waals surface area contributed by atoms with Gasteiger partial charge in [0, 0.05) is 50.1 Å². The molecule has 48 heteroatoms. The summed E-state index contributed by atoms with van der Waals surface area (Å²) in [5.41, 5.74) is 59.4. The lowest BCUT2D eigenvalue weighted by Crippen LogP contribution is -2.66. The molecular formula is C73H142N10O38. The lowest BCUT2D eigenvalue weighted by atomic mass is 9.76. The van der Waals surface area contributed by atoms with Crippen molar-refractivity contribution >= 4 is 11.6 Å². The number of ether oxygens (including phenoxy) is 12. The highest BCUT2D eigenvalue weighted by Crippen LogP contribution is 2.40. The predicted octanol–water partition coefficient (Wildman–Crippen LogP) is -17.4. The molecule has 0 radical (unpaired) electrons. The molecule has 4 saturated carbocycles. The zero-order valence-corrected chi connectivity index (χ0v) is 67.4. The number of carbonyl (C=O) groups is 2. The zero-order chi connectivity index (χ0) is 89.8. The fraction of sp³-hybridized carbons (Fsp3) is 0.973. The maximum absolute atomic E-state index is 12.6. The van der Waals surface area contributed by atoms with Gasteiger partial charge in [0.2, 0.25) is 0 Å². The smallest absolute Gasteiger partial charge is 0.187 e. The summed E-state index contributed by atoms with van der Waals surface area (Å²) in [5.74, 6) is -2.78. The van der Waals surface area contributed by atoms with E-state index in [4.69, 9.17) is 119 Å². The molecule has 6 saturated heterocycles. The minimum Gasteiger partial charge on any atom is -0.394 e. The number of Topliss-reactive ketones (excluding diaryl/α,β-unsaturated/α-hetero) is 2. The molecule has 10 aliphatic rings. The molecule has 0 aromatic carbocycles. The van der Waals surface area contributed by atoms with Crippen molar-refractivity contribution in [2.75, 3.05) is 39.5 Å². The molecule has 0 bridgehead atoms. The molecule has 48 nitrogen and oxygen atoms in total. The average molecular weight is 1770 g/mol. The Morgan fingerprint density at radius 2 is 0.562 bits per heavy atom. The third-order valence-electron chi connectivity index (χ3n) is 24.3. The maximum Gasteiger partial charge on any atom is 0.187 e. The fourth-order valence-electron chi connectivity index (χ4n) is 16.6. The summed E-state index contributed by atoms with van der Waals surface area (Å²) >= 11 is 0. The van der Waals surface area contributed by atoms with Gasteiger partial charge in [-0.25, -0.2) is 0 Å². The summed E-state index contributed by atoms with van der Waals surface area (Å²) in [4.78, 5) is 24.7. The molecule has 6 aliphatic heterocycles. The van der Waals surface area contributed by atoms with Crippen molar-refractivity contribution in [2.45, 2.75) is 381 Å². The summed E-state index contributed by atoms with van der Waals surface area (Å²) in [6.45, 7) is 4.69. The molecule has 4 aliphatic carbocycles. The van der Waals surface area contributed by atoms with E-state index >= 15 is 0 Å². The Labute approximate surface area is 699 Å². The van der Waals surface area contributed by atoms with Crippen molar-refractivity contribution in [3.63, 3.8) is 0 Å². The Bertz CT molecular complexity index is 3010. The van der Waals surface area contributed by atoms with Gasteiger partial charge in [-0.1, -0.05) is 48.0 Å². The highest BCUT2D eigenvalue weighted by atomic mass is 16.8. The predicted molar refractivity (Wildman–Crippen MR) is 411 cm³/mol. The maximum atomic E-state index is 12.6. The monoisotopic (exact) mass is 1770 g/mol. The van der Waals surface area contributed by atoms with E-state index in [1.165, 1.54) is 0 Å². The number of hydrogen-bond acceptors (Lipinski definition) is 48. The highest BCUT2D eigenvalue weighted by molar-refractivity contribution is 5.83. The van der Waals surface area contributed by atoms with Crippen molar-refractivity contribution in [1.29, 1.82) is 0 Å². The first-order valence-electron chi connectivity index (χ1n) is 40.8. The van der Waals surface area contributed by atoms with Crippen LogP contribution < -0.4 is 57.3 Å². The van der Waals surface area contributed by atoms with Crippen LogP contribution >= 0.6 is 0 Å². The number of ketones is 2. The lowest BCUT2D eigenvalue weighted by Gasteiger charge is -2.47. The van der Waals surface area contributed by atoms with E-state index in [-0.39, 0.29) is 64.5 Å². The third kappa shape index (κ3) is 25.6. The second-order valence-electron chi connectivity index (χ2n) is 33.2. The number of aliphatic hydroxyl groups excluding tert-OH is 24. The molecule has 0 spiro atoms. The van der Waals surface area contributed by atoms with Gasteiger partial charge in [-0.05, 0) is 62.2 Å². The molecule has 10 rings (SSSR count). The lowest BCUT2D eigenvalue weighted by molar-refractivity contribution is -0.312. The summed E-state index contributed by atoms with van der Waals surface area (Å²) in [6, 6.07) is -7.56. The molecule has 0 aromatic heterocycles. The molecule has 50 atom stereocenters. The first-order chi connectivity index (χ1) is 56.4. The molecule has 44 N–H and O–H groups in total. The van der Waals surface area contributed by atoms with Crippen molar-refractivity contribution in [3.8, 4) is 0 Å². The SMILES string of the molecule is C.CCC[C@H](O)C(=O)C[C@@H]1CC(N)[C@@H](O[C@H]2OC(CO)[C@@H](O)[C@H](O)C2N)[C@H](O)C1O.CCC[C@H](O)C(=O)C[C@@H]1CC(N)[C@@H](O[C@H]2OC(CO)[C@@H](O)[C@H](O)C2N)[C@H](O[C@@H]2O[C@H](CN)[C@H](O)C2O)C1O.C[C@@H]1CC(N)[C@@H](O[C@H]2OC(CO)[C@@H](O)[C@H](O)C2N)[C@H](O)C1O.C[C@@H]1CC(N)[C@@H](O[C@H]2OC(CO)[C@@H](O)[C@H](O)C2N)[C@H](O[C@@H]2O[C@H](CN)[C@H](O)C2O)C1O. The van der Waals surface area contributed by atoms with Gasteiger partial charge < -0.3 is 237 Å². The highest BCUT2D eigenvalue weighted by Gasteiger charge is 2.57. The molecule has 10 fully saturated rings. The number of rotatable bonds is 28. The fourth-order valence-corrected chi connectivity index (χ4v) is 16.6. The van der Waals surface area contributed by atoms with Gasteiger partial charge in [0.25, 0.3) is 0 Å². The number of hydrogen-bond donors (Lipinski definition) is 34. The normalized spacial score (nSPS) is 48.8. The van der Waals surface area contributed by atoms with Gasteiger partial charge >= 0.3 is 0 Å². The Morgan fingerprint density at radius 3 is 0.868 bits per heavy atom. The van der Waals surface area contributed by atoms with Gasteiger partial charge in [0.1, 0.15) is 171 Å². The van der Waals surface area contributed by atoms with Gasteiger partial charge in [0.15, 0.2) is 49.3 Å². The minimum atomic E-state index is -1.52. The molecule has 0 aromatic rings. The molecule has 712 valence electrons. The summed E-state index contributed by atoms with van der Waals surface area (Å²) < 4.78 is 67.5. The van der Waals surface area contributed by atoms with Crippen LogP contribution in [0.25, 0.3) is 0 Å². The van der Waals surface area contributed by atoms with Crippen molar-refractivity contribution in [2.24, 2.45) is 81.0 Å². The van der Waals surface area contributed by atoms with Crippen LogP contribution in [-0.2, 0) is 66.4 Å². The van der Waals surface area contributed by atoms with Gasteiger partial charge in [-0.15, -0.1) is 0 Å². The third-order valence-corrected chi connectivity index (χ3v) is 24.3. The van der Waals surface area contributed by atoms with Crippen LogP contribution in [-0.4, -0.2) is 455 Å². The Kier molecular flexibility index (Phi) is 42.9. The van der Waals surface area contributed by atoms with Gasteiger partial charge in [-0.3, -0.25) is 9.59 Å². The van der Waals surface area contributed by atoms with E-state index in [9.17, 15) is 127 Å².